The van der Waals surface area contributed by atoms with E-state index in [-0.39, 0.29) is 23.3 Å². The van der Waals surface area contributed by atoms with Crippen LogP contribution < -0.4 is 4.74 Å². The van der Waals surface area contributed by atoms with Gasteiger partial charge in [0.2, 0.25) is 5.91 Å². The fraction of sp³-hybridized carbons (Fsp3) is 0.346. The summed E-state index contributed by atoms with van der Waals surface area (Å²) in [7, 11) is 1.42. The predicted octanol–water partition coefficient (Wildman–Crippen LogP) is 5.77. The Kier molecular flexibility index (Phi) is 5.55. The second-order valence-electron chi connectivity index (χ2n) is 9.85. The number of carboxylic acids is 1. The summed E-state index contributed by atoms with van der Waals surface area (Å²) >= 11 is 1.33. The third-order valence-electron chi connectivity index (χ3n) is 6.45. The zero-order valence-corrected chi connectivity index (χ0v) is 20.8. The molecule has 1 aliphatic heterocycles. The van der Waals surface area contributed by atoms with Crippen LogP contribution in [0.2, 0.25) is 0 Å². The highest BCUT2D eigenvalue weighted by atomic mass is 32.1. The molecule has 182 valence electrons. The van der Waals surface area contributed by atoms with Crippen molar-refractivity contribution < 1.29 is 23.8 Å². The molecule has 0 saturated carbocycles. The quantitative estimate of drug-likeness (QED) is 0.388. The Hall–Kier alpha value is -3.46. The zero-order chi connectivity index (χ0) is 25.1. The fourth-order valence-corrected chi connectivity index (χ4v) is 5.75. The molecule has 0 bridgehead atoms. The van der Waals surface area contributed by atoms with Crippen molar-refractivity contribution >= 4 is 38.4 Å². The maximum absolute atomic E-state index is 15.3. The monoisotopic (exact) mass is 495 g/mol. The van der Waals surface area contributed by atoms with Crippen molar-refractivity contribution in [1.82, 2.24) is 14.3 Å². The van der Waals surface area contributed by atoms with Crippen molar-refractivity contribution in [2.45, 2.75) is 39.7 Å². The van der Waals surface area contributed by atoms with Crippen molar-refractivity contribution in [1.29, 1.82) is 0 Å². The Bertz CT molecular complexity index is 1480. The zero-order valence-electron chi connectivity index (χ0n) is 20.0. The molecule has 0 spiro atoms. The Morgan fingerprint density at radius 2 is 2.00 bits per heavy atom. The van der Waals surface area contributed by atoms with Crippen LogP contribution in [-0.4, -0.2) is 44.9 Å². The first-order chi connectivity index (χ1) is 16.6. The number of hydrogen-bond acceptors (Lipinski definition) is 5. The third kappa shape index (κ3) is 3.93. The average molecular weight is 496 g/mol. The van der Waals surface area contributed by atoms with Crippen LogP contribution in [-0.2, 0) is 4.79 Å². The molecule has 9 heteroatoms. The van der Waals surface area contributed by atoms with Gasteiger partial charge in [0, 0.05) is 29.8 Å². The van der Waals surface area contributed by atoms with Crippen LogP contribution in [0, 0.1) is 11.2 Å². The number of aromatic nitrogens is 2. The molecule has 35 heavy (non-hydrogen) atoms. The summed E-state index contributed by atoms with van der Waals surface area (Å²) in [5, 5.41) is 9.43. The number of thiazole rings is 1. The third-order valence-corrected chi connectivity index (χ3v) is 7.47. The molecule has 0 aliphatic carbocycles. The molecule has 1 atom stereocenters. The van der Waals surface area contributed by atoms with Gasteiger partial charge in [0.25, 0.3) is 0 Å². The summed E-state index contributed by atoms with van der Waals surface area (Å²) in [6.45, 7) is 6.39. The molecule has 1 fully saturated rings. The van der Waals surface area contributed by atoms with Gasteiger partial charge < -0.3 is 14.7 Å². The van der Waals surface area contributed by atoms with E-state index in [9.17, 15) is 14.7 Å². The Balaban J connectivity index is 1.50. The second kappa shape index (κ2) is 8.34. The van der Waals surface area contributed by atoms with Gasteiger partial charge in [0.1, 0.15) is 17.1 Å². The molecule has 1 unspecified atom stereocenters. The number of carboxylic acid groups (broad SMARTS) is 1. The number of likely N-dealkylation sites (tertiary alicyclic amines) is 1. The van der Waals surface area contributed by atoms with Gasteiger partial charge in [-0.2, -0.15) is 0 Å². The van der Waals surface area contributed by atoms with E-state index >= 15 is 4.39 Å². The number of nitrogens with zero attached hydrogens (tertiary/aromatic N) is 3. The number of ether oxygens (including phenoxy) is 1. The van der Waals surface area contributed by atoms with E-state index < -0.39 is 17.2 Å². The second-order valence-corrected chi connectivity index (χ2v) is 10.9. The van der Waals surface area contributed by atoms with Gasteiger partial charge in [-0.05, 0) is 36.6 Å². The van der Waals surface area contributed by atoms with Crippen molar-refractivity contribution in [2.75, 3.05) is 13.7 Å². The number of methoxy groups -OCH3 is 1. The SMILES string of the molecule is COc1cc2c(cc1C(=O)O)sc1nc(-c3ccc(C4CCCN4C(=O)C(C)(C)C)cc3F)cn12. The van der Waals surface area contributed by atoms with Gasteiger partial charge in [-0.1, -0.05) is 38.2 Å². The lowest BCUT2D eigenvalue weighted by Gasteiger charge is -2.31. The highest BCUT2D eigenvalue weighted by Gasteiger charge is 2.36. The van der Waals surface area contributed by atoms with Crippen LogP contribution in [0.15, 0.2) is 36.5 Å². The molecular formula is C26H26FN3O4S. The Morgan fingerprint density at radius 1 is 1.23 bits per heavy atom. The van der Waals surface area contributed by atoms with Crippen molar-refractivity contribution in [3.05, 3.63) is 53.5 Å². The van der Waals surface area contributed by atoms with E-state index in [1.807, 2.05) is 36.1 Å². The van der Waals surface area contributed by atoms with E-state index in [1.165, 1.54) is 24.5 Å². The average Bonchev–Trinajstić information content (AvgIpc) is 3.51. The number of benzene rings is 2. The van der Waals surface area contributed by atoms with E-state index in [4.69, 9.17) is 4.74 Å². The minimum Gasteiger partial charge on any atom is -0.496 e. The number of rotatable bonds is 4. The summed E-state index contributed by atoms with van der Waals surface area (Å²) in [6, 6.07) is 8.22. The smallest absolute Gasteiger partial charge is 0.339 e. The van der Waals surface area contributed by atoms with Crippen LogP contribution in [0.1, 0.15) is 55.6 Å². The number of carbonyl (C=O) groups is 2. The van der Waals surface area contributed by atoms with Crippen molar-refractivity contribution in [2.24, 2.45) is 5.41 Å². The summed E-state index contributed by atoms with van der Waals surface area (Å²) < 4.78 is 23.1. The fourth-order valence-electron chi connectivity index (χ4n) is 4.72. The molecule has 7 nitrogen and oxygen atoms in total. The van der Waals surface area contributed by atoms with Gasteiger partial charge in [0.05, 0.1) is 29.1 Å². The van der Waals surface area contributed by atoms with E-state index in [2.05, 4.69) is 4.98 Å². The summed E-state index contributed by atoms with van der Waals surface area (Å²) in [4.78, 5) is 31.5. The maximum Gasteiger partial charge on any atom is 0.339 e. The topological polar surface area (TPSA) is 84.1 Å². The van der Waals surface area contributed by atoms with Crippen molar-refractivity contribution in [3.8, 4) is 17.0 Å². The molecule has 5 rings (SSSR count). The summed E-state index contributed by atoms with van der Waals surface area (Å²) in [5.74, 6) is -1.13. The molecular weight excluding hydrogens is 469 g/mol. The van der Waals surface area contributed by atoms with Gasteiger partial charge >= 0.3 is 5.97 Å². The van der Waals surface area contributed by atoms with E-state index in [0.29, 0.717) is 22.8 Å². The lowest BCUT2D eigenvalue weighted by molar-refractivity contribution is -0.140. The molecule has 2 aromatic carbocycles. The highest BCUT2D eigenvalue weighted by molar-refractivity contribution is 7.23. The van der Waals surface area contributed by atoms with Crippen molar-refractivity contribution in [3.63, 3.8) is 0 Å². The van der Waals surface area contributed by atoms with Crippen LogP contribution >= 0.6 is 11.3 Å². The molecule has 4 aromatic rings. The summed E-state index contributed by atoms with van der Waals surface area (Å²) in [6.07, 6.45) is 3.46. The van der Waals surface area contributed by atoms with Gasteiger partial charge in [-0.15, -0.1) is 0 Å². The van der Waals surface area contributed by atoms with Crippen LogP contribution in [0.4, 0.5) is 4.39 Å². The molecule has 3 heterocycles. The molecule has 2 aromatic heterocycles. The Labute approximate surface area is 205 Å². The van der Waals surface area contributed by atoms with E-state index in [1.54, 1.807) is 24.4 Å². The lowest BCUT2D eigenvalue weighted by Crippen LogP contribution is -2.39. The first kappa shape index (κ1) is 23.3. The van der Waals surface area contributed by atoms with Crippen LogP contribution in [0.25, 0.3) is 26.4 Å². The molecule has 0 radical (unpaired) electrons. The first-order valence-corrected chi connectivity index (χ1v) is 12.2. The van der Waals surface area contributed by atoms with Gasteiger partial charge in [0.15, 0.2) is 4.96 Å². The number of carbonyl (C=O) groups excluding carboxylic acids is 1. The Morgan fingerprint density at radius 3 is 2.66 bits per heavy atom. The number of halogens is 1. The lowest BCUT2D eigenvalue weighted by atomic mass is 9.93. The maximum atomic E-state index is 15.3. The van der Waals surface area contributed by atoms with Crippen LogP contribution in [0.3, 0.4) is 0 Å². The van der Waals surface area contributed by atoms with E-state index in [0.717, 1.165) is 28.6 Å². The summed E-state index contributed by atoms with van der Waals surface area (Å²) in [5.41, 5.74) is 1.98. The minimum atomic E-state index is -1.07. The largest absolute Gasteiger partial charge is 0.496 e. The minimum absolute atomic E-state index is 0.0761. The molecule has 1 amide bonds. The number of fused-ring (bicyclic) bond motifs is 3. The molecule has 1 saturated heterocycles. The standard InChI is InChI=1S/C26H26FN3O4S/c1-26(2,3)24(33)29-9-5-6-19(29)14-7-8-15(17(27)10-14)18-13-30-20-12-21(34-4)16(23(31)32)11-22(20)35-25(30)28-18/h7-8,10-13,19H,5-6,9H2,1-4H3,(H,31,32). The molecule has 1 aliphatic rings. The highest BCUT2D eigenvalue weighted by Crippen LogP contribution is 2.38. The first-order valence-electron chi connectivity index (χ1n) is 11.4. The molecule has 1 N–H and O–H groups in total. The normalized spacial score (nSPS) is 16.4. The number of imidazole rings is 1. The van der Waals surface area contributed by atoms with Gasteiger partial charge in [-0.25, -0.2) is 14.2 Å². The van der Waals surface area contributed by atoms with Crippen LogP contribution in [0.5, 0.6) is 5.75 Å². The van der Waals surface area contributed by atoms with Gasteiger partial charge in [-0.3, -0.25) is 9.20 Å². The number of amides is 1. The number of hydrogen-bond donors (Lipinski definition) is 1. The number of aromatic carboxylic acids is 1. The predicted molar refractivity (Wildman–Crippen MR) is 133 cm³/mol.